The number of pyridine rings is 1. The molecule has 0 atom stereocenters. The predicted octanol–water partition coefficient (Wildman–Crippen LogP) is 3.71. The molecule has 0 spiro atoms. The van der Waals surface area contributed by atoms with Crippen molar-refractivity contribution in [2.75, 3.05) is 5.73 Å². The zero-order valence-electron chi connectivity index (χ0n) is 13.6. The zero-order valence-corrected chi connectivity index (χ0v) is 14.4. The monoisotopic (exact) mass is 365 g/mol. The number of aromatic amines is 2. The van der Waals surface area contributed by atoms with Gasteiger partial charge in [0, 0.05) is 16.3 Å². The van der Waals surface area contributed by atoms with Gasteiger partial charge in [-0.05, 0) is 30.2 Å². The standard InChI is InChI=1S/C18H12FN5OS/c1-7-4-9-12(8-2-3-11(19)15-10(8)5-22-24-15)13(20)18(25)23-16(9)17-14(7)21-6-26-17/h2-6H,20H2,1H3,(H,22,24)(H,23,25). The molecule has 0 aliphatic carbocycles. The first-order valence-electron chi connectivity index (χ1n) is 7.86. The van der Waals surface area contributed by atoms with E-state index in [-0.39, 0.29) is 16.8 Å². The maximum atomic E-state index is 14.1. The number of aromatic nitrogens is 4. The van der Waals surface area contributed by atoms with Gasteiger partial charge >= 0.3 is 0 Å². The van der Waals surface area contributed by atoms with E-state index in [1.165, 1.54) is 23.6 Å². The van der Waals surface area contributed by atoms with Crippen molar-refractivity contribution in [1.29, 1.82) is 0 Å². The summed E-state index contributed by atoms with van der Waals surface area (Å²) >= 11 is 1.46. The van der Waals surface area contributed by atoms with Crippen LogP contribution in [0.4, 0.5) is 10.1 Å². The maximum Gasteiger partial charge on any atom is 0.272 e. The fourth-order valence-corrected chi connectivity index (χ4v) is 4.32. The Labute approximate surface area is 149 Å². The molecule has 128 valence electrons. The normalized spacial score (nSPS) is 11.8. The van der Waals surface area contributed by atoms with Crippen molar-refractivity contribution < 1.29 is 4.39 Å². The van der Waals surface area contributed by atoms with E-state index in [0.717, 1.165) is 21.2 Å². The molecule has 0 unspecified atom stereocenters. The van der Waals surface area contributed by atoms with Crippen molar-refractivity contribution in [2.45, 2.75) is 6.92 Å². The summed E-state index contributed by atoms with van der Waals surface area (Å²) in [5.74, 6) is -0.407. The molecular formula is C18H12FN5OS. The van der Waals surface area contributed by atoms with Crippen molar-refractivity contribution >= 4 is 49.0 Å². The number of aryl methyl sites for hydroxylation is 1. The quantitative estimate of drug-likeness (QED) is 0.421. The minimum absolute atomic E-state index is 0.0925. The van der Waals surface area contributed by atoms with Crippen LogP contribution in [0.25, 0.3) is 43.1 Å². The summed E-state index contributed by atoms with van der Waals surface area (Å²) in [4.78, 5) is 19.8. The number of nitrogen functional groups attached to an aromatic ring is 1. The maximum absolute atomic E-state index is 14.1. The van der Waals surface area contributed by atoms with Gasteiger partial charge in [0.25, 0.3) is 5.56 Å². The smallest absolute Gasteiger partial charge is 0.272 e. The van der Waals surface area contributed by atoms with Crippen LogP contribution in [-0.4, -0.2) is 20.2 Å². The van der Waals surface area contributed by atoms with Crippen molar-refractivity contribution in [3.8, 4) is 11.1 Å². The molecule has 0 saturated heterocycles. The summed E-state index contributed by atoms with van der Waals surface area (Å²) in [7, 11) is 0. The molecule has 2 aromatic carbocycles. The van der Waals surface area contributed by atoms with E-state index in [0.29, 0.717) is 22.0 Å². The number of halogens is 1. The fourth-order valence-electron chi connectivity index (χ4n) is 3.45. The number of hydrogen-bond donors (Lipinski definition) is 3. The largest absolute Gasteiger partial charge is 0.394 e. The van der Waals surface area contributed by atoms with E-state index < -0.39 is 5.82 Å². The zero-order chi connectivity index (χ0) is 18.0. The summed E-state index contributed by atoms with van der Waals surface area (Å²) in [6.07, 6.45) is 1.54. The molecule has 5 aromatic rings. The van der Waals surface area contributed by atoms with Crippen LogP contribution < -0.4 is 11.3 Å². The average Bonchev–Trinajstić information content (AvgIpc) is 3.29. The first kappa shape index (κ1) is 15.0. The Hall–Kier alpha value is -3.26. The van der Waals surface area contributed by atoms with Crippen LogP contribution in [0.5, 0.6) is 0 Å². The fraction of sp³-hybridized carbons (Fsp3) is 0.0556. The van der Waals surface area contributed by atoms with Gasteiger partial charge in [0.2, 0.25) is 0 Å². The Kier molecular flexibility index (Phi) is 2.96. The highest BCUT2D eigenvalue weighted by Gasteiger charge is 2.19. The third kappa shape index (κ3) is 1.87. The summed E-state index contributed by atoms with van der Waals surface area (Å²) in [5, 5.41) is 7.97. The highest BCUT2D eigenvalue weighted by atomic mass is 32.1. The van der Waals surface area contributed by atoms with Gasteiger partial charge in [-0.1, -0.05) is 6.07 Å². The van der Waals surface area contributed by atoms with Gasteiger partial charge in [0.15, 0.2) is 0 Å². The Balaban J connectivity index is 2.03. The van der Waals surface area contributed by atoms with Crippen LogP contribution in [0.1, 0.15) is 5.56 Å². The molecule has 26 heavy (non-hydrogen) atoms. The molecule has 0 amide bonds. The van der Waals surface area contributed by atoms with Crippen LogP contribution in [0.15, 0.2) is 34.7 Å². The SMILES string of the molecule is Cc1cc2c(-c3ccc(F)c4[nH]ncc34)c(N)c(=O)[nH]c2c2scnc12. The number of anilines is 1. The summed E-state index contributed by atoms with van der Waals surface area (Å²) in [5.41, 5.74) is 11.7. The topological polar surface area (TPSA) is 100 Å². The van der Waals surface area contributed by atoms with E-state index in [2.05, 4.69) is 20.2 Å². The summed E-state index contributed by atoms with van der Waals surface area (Å²) in [6, 6.07) is 4.93. The Bertz CT molecular complexity index is 1400. The number of rotatable bonds is 1. The predicted molar refractivity (Wildman–Crippen MR) is 102 cm³/mol. The second-order valence-electron chi connectivity index (χ2n) is 6.14. The number of nitrogens with two attached hydrogens (primary N) is 1. The Morgan fingerprint density at radius 2 is 2.08 bits per heavy atom. The molecule has 8 heteroatoms. The van der Waals surface area contributed by atoms with Crippen LogP contribution in [-0.2, 0) is 0 Å². The third-order valence-corrected chi connectivity index (χ3v) is 5.50. The highest BCUT2D eigenvalue weighted by Crippen LogP contribution is 2.39. The van der Waals surface area contributed by atoms with Crippen molar-refractivity contribution in [3.05, 3.63) is 51.6 Å². The number of thiazole rings is 1. The van der Waals surface area contributed by atoms with E-state index in [1.54, 1.807) is 11.6 Å². The van der Waals surface area contributed by atoms with Gasteiger partial charge in [-0.15, -0.1) is 11.3 Å². The molecule has 5 rings (SSSR count). The molecule has 0 aliphatic rings. The van der Waals surface area contributed by atoms with Gasteiger partial charge < -0.3 is 10.7 Å². The van der Waals surface area contributed by atoms with Gasteiger partial charge in [-0.3, -0.25) is 9.89 Å². The minimum Gasteiger partial charge on any atom is -0.394 e. The minimum atomic E-state index is -0.407. The van der Waals surface area contributed by atoms with Crippen LogP contribution in [0, 0.1) is 12.7 Å². The van der Waals surface area contributed by atoms with Gasteiger partial charge in [-0.2, -0.15) is 5.10 Å². The lowest BCUT2D eigenvalue weighted by Crippen LogP contribution is -2.13. The van der Waals surface area contributed by atoms with E-state index >= 15 is 0 Å². The molecule has 4 N–H and O–H groups in total. The molecular weight excluding hydrogens is 353 g/mol. The van der Waals surface area contributed by atoms with Crippen LogP contribution in [0.2, 0.25) is 0 Å². The Morgan fingerprint density at radius 1 is 1.23 bits per heavy atom. The number of benzene rings is 2. The number of hydrogen-bond acceptors (Lipinski definition) is 5. The Morgan fingerprint density at radius 3 is 2.92 bits per heavy atom. The summed E-state index contributed by atoms with van der Waals surface area (Å²) in [6.45, 7) is 1.96. The molecule has 0 bridgehead atoms. The number of nitrogens with zero attached hydrogens (tertiary/aromatic N) is 2. The lowest BCUT2D eigenvalue weighted by Gasteiger charge is -2.12. The van der Waals surface area contributed by atoms with Gasteiger partial charge in [0.1, 0.15) is 17.0 Å². The summed E-state index contributed by atoms with van der Waals surface area (Å²) < 4.78 is 15.0. The molecule has 0 aliphatic heterocycles. The second-order valence-corrected chi connectivity index (χ2v) is 7.00. The lowest BCUT2D eigenvalue weighted by molar-refractivity contribution is 0.636. The van der Waals surface area contributed by atoms with Crippen LogP contribution >= 0.6 is 11.3 Å². The molecule has 6 nitrogen and oxygen atoms in total. The average molecular weight is 365 g/mol. The molecule has 3 heterocycles. The van der Waals surface area contributed by atoms with E-state index in [1.807, 2.05) is 13.0 Å². The van der Waals surface area contributed by atoms with Gasteiger partial charge in [0.05, 0.1) is 27.4 Å². The van der Waals surface area contributed by atoms with E-state index in [4.69, 9.17) is 5.73 Å². The van der Waals surface area contributed by atoms with Crippen molar-refractivity contribution in [2.24, 2.45) is 0 Å². The molecule has 3 aromatic heterocycles. The third-order valence-electron chi connectivity index (χ3n) is 4.65. The number of fused-ring (bicyclic) bond motifs is 4. The van der Waals surface area contributed by atoms with Crippen molar-refractivity contribution in [3.63, 3.8) is 0 Å². The molecule has 0 saturated carbocycles. The van der Waals surface area contributed by atoms with Crippen LogP contribution in [0.3, 0.4) is 0 Å². The first-order valence-corrected chi connectivity index (χ1v) is 8.74. The lowest BCUT2D eigenvalue weighted by atomic mass is 9.95. The molecule has 0 fully saturated rings. The number of nitrogens with one attached hydrogen (secondary N) is 2. The highest BCUT2D eigenvalue weighted by molar-refractivity contribution is 7.17. The first-order chi connectivity index (χ1) is 12.6. The van der Waals surface area contributed by atoms with E-state index in [9.17, 15) is 9.18 Å². The van der Waals surface area contributed by atoms with Crippen molar-refractivity contribution in [1.82, 2.24) is 20.2 Å². The molecule has 0 radical (unpaired) electrons. The van der Waals surface area contributed by atoms with Gasteiger partial charge in [-0.25, -0.2) is 9.37 Å². The number of H-pyrrole nitrogens is 2. The second kappa shape index (κ2) is 5.12.